The molecule has 5 heteroatoms. The van der Waals surface area contributed by atoms with Crippen LogP contribution in [0.25, 0.3) is 12.2 Å². The maximum atomic E-state index is 5.30. The molecule has 0 bridgehead atoms. The zero-order valence-corrected chi connectivity index (χ0v) is 11.7. The summed E-state index contributed by atoms with van der Waals surface area (Å²) in [7, 11) is 4.75. The van der Waals surface area contributed by atoms with Crippen LogP contribution in [-0.4, -0.2) is 31.3 Å². The van der Waals surface area contributed by atoms with Gasteiger partial charge in [-0.2, -0.15) is 0 Å². The van der Waals surface area contributed by atoms with Crippen LogP contribution in [0.3, 0.4) is 0 Å². The first-order chi connectivity index (χ1) is 9.78. The van der Waals surface area contributed by atoms with Crippen molar-refractivity contribution in [2.24, 2.45) is 0 Å². The number of benzene rings is 1. The lowest BCUT2D eigenvalue weighted by atomic mass is 10.1. The van der Waals surface area contributed by atoms with Gasteiger partial charge in [0.1, 0.15) is 0 Å². The molecule has 1 aromatic heterocycles. The second-order valence-electron chi connectivity index (χ2n) is 3.90. The summed E-state index contributed by atoms with van der Waals surface area (Å²) >= 11 is 0. The Labute approximate surface area is 117 Å². The summed E-state index contributed by atoms with van der Waals surface area (Å²) in [5.41, 5.74) is 0.909. The normalized spacial score (nSPS) is 10.6. The molecule has 0 saturated carbocycles. The average molecular weight is 272 g/mol. The van der Waals surface area contributed by atoms with Gasteiger partial charge in [-0.25, -0.2) is 9.97 Å². The van der Waals surface area contributed by atoms with Gasteiger partial charge in [0.2, 0.25) is 5.75 Å². The van der Waals surface area contributed by atoms with E-state index < -0.39 is 0 Å². The van der Waals surface area contributed by atoms with E-state index in [9.17, 15) is 0 Å². The van der Waals surface area contributed by atoms with Gasteiger partial charge in [-0.3, -0.25) is 0 Å². The number of hydrogen-bond acceptors (Lipinski definition) is 5. The highest BCUT2D eigenvalue weighted by atomic mass is 16.5. The monoisotopic (exact) mass is 272 g/mol. The van der Waals surface area contributed by atoms with Crippen molar-refractivity contribution in [1.29, 1.82) is 0 Å². The van der Waals surface area contributed by atoms with E-state index in [4.69, 9.17) is 14.2 Å². The maximum Gasteiger partial charge on any atom is 0.203 e. The van der Waals surface area contributed by atoms with Gasteiger partial charge in [0, 0.05) is 12.4 Å². The van der Waals surface area contributed by atoms with Crippen molar-refractivity contribution in [3.05, 3.63) is 42.0 Å². The Balaban J connectivity index is 2.35. The van der Waals surface area contributed by atoms with Crippen LogP contribution in [0.15, 0.2) is 30.6 Å². The molecule has 20 heavy (non-hydrogen) atoms. The second kappa shape index (κ2) is 6.56. The molecule has 0 spiro atoms. The van der Waals surface area contributed by atoms with Gasteiger partial charge >= 0.3 is 0 Å². The van der Waals surface area contributed by atoms with Gasteiger partial charge in [-0.15, -0.1) is 0 Å². The van der Waals surface area contributed by atoms with E-state index in [1.165, 1.54) is 0 Å². The molecule has 0 aliphatic heterocycles. The predicted molar refractivity (Wildman–Crippen MR) is 77.1 cm³/mol. The Morgan fingerprint density at radius 3 is 1.95 bits per heavy atom. The van der Waals surface area contributed by atoms with Crippen LogP contribution in [0, 0.1) is 0 Å². The van der Waals surface area contributed by atoms with Crippen molar-refractivity contribution in [1.82, 2.24) is 9.97 Å². The summed E-state index contributed by atoms with van der Waals surface area (Å²) in [6, 6.07) is 5.50. The Bertz CT molecular complexity index is 572. The molecule has 104 valence electrons. The largest absolute Gasteiger partial charge is 0.493 e. The van der Waals surface area contributed by atoms with E-state index in [0.717, 1.165) is 5.56 Å². The minimum absolute atomic E-state index is 0.572. The fraction of sp³-hybridized carbons (Fsp3) is 0.200. The van der Waals surface area contributed by atoms with E-state index in [0.29, 0.717) is 23.1 Å². The van der Waals surface area contributed by atoms with Crippen molar-refractivity contribution in [2.45, 2.75) is 0 Å². The Morgan fingerprint density at radius 2 is 1.45 bits per heavy atom. The average Bonchev–Trinajstić information content (AvgIpc) is 2.52. The zero-order valence-electron chi connectivity index (χ0n) is 11.7. The summed E-state index contributed by atoms with van der Waals surface area (Å²) < 4.78 is 15.9. The third kappa shape index (κ3) is 3.06. The minimum Gasteiger partial charge on any atom is -0.493 e. The number of rotatable bonds is 5. The molecule has 0 fully saturated rings. The lowest BCUT2D eigenvalue weighted by molar-refractivity contribution is 0.324. The van der Waals surface area contributed by atoms with Gasteiger partial charge < -0.3 is 14.2 Å². The highest BCUT2D eigenvalue weighted by Crippen LogP contribution is 2.38. The smallest absolute Gasteiger partial charge is 0.203 e. The van der Waals surface area contributed by atoms with Crippen LogP contribution in [0.1, 0.15) is 11.4 Å². The van der Waals surface area contributed by atoms with Crippen LogP contribution in [0.4, 0.5) is 0 Å². The topological polar surface area (TPSA) is 53.5 Å². The molecule has 0 unspecified atom stereocenters. The van der Waals surface area contributed by atoms with Gasteiger partial charge in [-0.1, -0.05) is 6.08 Å². The zero-order chi connectivity index (χ0) is 14.4. The number of nitrogens with zero attached hydrogens (tertiary/aromatic N) is 2. The standard InChI is InChI=1S/C15H16N2O3/c1-18-12-9-11(10-13(19-2)15(12)20-3)5-6-14-16-7-4-8-17-14/h4-10H,1-3H3. The summed E-state index contributed by atoms with van der Waals surface area (Å²) in [5.74, 6) is 2.44. The first-order valence-corrected chi connectivity index (χ1v) is 6.03. The fourth-order valence-electron chi connectivity index (χ4n) is 1.77. The highest BCUT2D eigenvalue weighted by molar-refractivity contribution is 5.70. The molecule has 2 rings (SSSR count). The summed E-state index contributed by atoms with van der Waals surface area (Å²) in [5, 5.41) is 0. The van der Waals surface area contributed by atoms with Crippen molar-refractivity contribution in [2.75, 3.05) is 21.3 Å². The lowest BCUT2D eigenvalue weighted by Gasteiger charge is -2.12. The molecule has 0 saturated heterocycles. The van der Waals surface area contributed by atoms with E-state index in [1.54, 1.807) is 39.8 Å². The Morgan fingerprint density at radius 1 is 0.850 bits per heavy atom. The first kappa shape index (κ1) is 13.9. The summed E-state index contributed by atoms with van der Waals surface area (Å²) in [4.78, 5) is 8.26. The number of ether oxygens (including phenoxy) is 3. The second-order valence-corrected chi connectivity index (χ2v) is 3.90. The molecular formula is C15H16N2O3. The predicted octanol–water partition coefficient (Wildman–Crippen LogP) is 2.67. The van der Waals surface area contributed by atoms with Crippen LogP contribution < -0.4 is 14.2 Å². The van der Waals surface area contributed by atoms with Crippen LogP contribution in [0.2, 0.25) is 0 Å². The van der Waals surface area contributed by atoms with Crippen molar-refractivity contribution >= 4 is 12.2 Å². The van der Waals surface area contributed by atoms with Gasteiger partial charge in [0.05, 0.1) is 21.3 Å². The third-order valence-electron chi connectivity index (χ3n) is 2.70. The number of methoxy groups -OCH3 is 3. The van der Waals surface area contributed by atoms with Crippen LogP contribution in [0.5, 0.6) is 17.2 Å². The molecule has 0 radical (unpaired) electrons. The third-order valence-corrected chi connectivity index (χ3v) is 2.70. The molecule has 1 aromatic carbocycles. The highest BCUT2D eigenvalue weighted by Gasteiger charge is 2.11. The molecule has 1 heterocycles. The molecule has 0 aliphatic rings. The fourth-order valence-corrected chi connectivity index (χ4v) is 1.77. The van der Waals surface area contributed by atoms with Crippen LogP contribution in [-0.2, 0) is 0 Å². The molecule has 5 nitrogen and oxygen atoms in total. The number of hydrogen-bond donors (Lipinski definition) is 0. The van der Waals surface area contributed by atoms with Crippen LogP contribution >= 0.6 is 0 Å². The summed E-state index contributed by atoms with van der Waals surface area (Å²) in [6.45, 7) is 0. The van der Waals surface area contributed by atoms with Crippen molar-refractivity contribution in [3.63, 3.8) is 0 Å². The molecule has 0 aliphatic carbocycles. The maximum absolute atomic E-state index is 5.30. The van der Waals surface area contributed by atoms with Gasteiger partial charge in [-0.05, 0) is 29.8 Å². The first-order valence-electron chi connectivity index (χ1n) is 6.03. The quantitative estimate of drug-likeness (QED) is 0.837. The molecule has 2 aromatic rings. The molecule has 0 amide bonds. The lowest BCUT2D eigenvalue weighted by Crippen LogP contribution is -1.95. The van der Waals surface area contributed by atoms with E-state index in [-0.39, 0.29) is 0 Å². The van der Waals surface area contributed by atoms with Crippen molar-refractivity contribution in [3.8, 4) is 17.2 Å². The minimum atomic E-state index is 0.572. The summed E-state index contributed by atoms with van der Waals surface area (Å²) in [6.07, 6.45) is 7.10. The SMILES string of the molecule is COc1cc(C=Cc2ncccn2)cc(OC)c1OC. The molecule has 0 atom stereocenters. The number of aromatic nitrogens is 2. The van der Waals surface area contributed by atoms with E-state index >= 15 is 0 Å². The Hall–Kier alpha value is -2.56. The van der Waals surface area contributed by atoms with E-state index in [2.05, 4.69) is 9.97 Å². The molecular weight excluding hydrogens is 256 g/mol. The van der Waals surface area contributed by atoms with Gasteiger partial charge in [0.25, 0.3) is 0 Å². The van der Waals surface area contributed by atoms with E-state index in [1.807, 2.05) is 24.3 Å². The van der Waals surface area contributed by atoms with Crippen molar-refractivity contribution < 1.29 is 14.2 Å². The molecule has 0 N–H and O–H groups in total. The Kier molecular flexibility index (Phi) is 4.55. The van der Waals surface area contributed by atoms with Gasteiger partial charge in [0.15, 0.2) is 17.3 Å².